The number of aromatic hydroxyl groups is 2. The fourth-order valence-corrected chi connectivity index (χ4v) is 2.12. The number of thiophene rings is 1. The molecule has 0 spiro atoms. The first-order valence-electron chi connectivity index (χ1n) is 4.49. The van der Waals surface area contributed by atoms with Crippen LogP contribution in [0.4, 0.5) is 0 Å². The Morgan fingerprint density at radius 2 is 1.93 bits per heavy atom. The maximum Gasteiger partial charge on any atom is 0.157 e. The molecule has 1 aromatic carbocycles. The summed E-state index contributed by atoms with van der Waals surface area (Å²) in [6, 6.07) is 8.26. The Bertz CT molecular complexity index is 454. The third-order valence-corrected chi connectivity index (χ3v) is 3.16. The molecule has 1 aromatic heterocycles. The van der Waals surface area contributed by atoms with Gasteiger partial charge in [-0.3, -0.25) is 0 Å². The number of benzene rings is 1. The summed E-state index contributed by atoms with van der Waals surface area (Å²) in [7, 11) is 0. The van der Waals surface area contributed by atoms with Gasteiger partial charge in [-0.1, -0.05) is 12.1 Å². The molecular weight excluding hydrogens is 210 g/mol. The molecule has 78 valence electrons. The number of rotatable bonds is 2. The van der Waals surface area contributed by atoms with Crippen LogP contribution in [0.3, 0.4) is 0 Å². The smallest absolute Gasteiger partial charge is 0.157 e. The molecule has 3 nitrogen and oxygen atoms in total. The van der Waals surface area contributed by atoms with Crippen molar-refractivity contribution in [3.8, 4) is 11.5 Å². The molecule has 0 fully saturated rings. The molecule has 0 aliphatic carbocycles. The van der Waals surface area contributed by atoms with Gasteiger partial charge in [0, 0.05) is 4.88 Å². The Labute approximate surface area is 91.4 Å². The average molecular weight is 221 g/mol. The van der Waals surface area contributed by atoms with E-state index in [1.54, 1.807) is 17.4 Å². The van der Waals surface area contributed by atoms with Gasteiger partial charge in [0.15, 0.2) is 11.5 Å². The summed E-state index contributed by atoms with van der Waals surface area (Å²) in [5.41, 5.74) is 6.78. The van der Waals surface area contributed by atoms with Gasteiger partial charge in [-0.25, -0.2) is 0 Å². The fraction of sp³-hybridized carbons (Fsp3) is 0.0909. The van der Waals surface area contributed by atoms with Crippen molar-refractivity contribution in [1.29, 1.82) is 0 Å². The molecule has 2 rings (SSSR count). The van der Waals surface area contributed by atoms with Crippen LogP contribution in [-0.2, 0) is 0 Å². The molecule has 0 amide bonds. The Kier molecular flexibility index (Phi) is 2.62. The van der Waals surface area contributed by atoms with Crippen molar-refractivity contribution < 1.29 is 10.2 Å². The normalized spacial score (nSPS) is 12.6. The molecule has 0 saturated carbocycles. The van der Waals surface area contributed by atoms with Crippen molar-refractivity contribution in [3.05, 3.63) is 46.2 Å². The van der Waals surface area contributed by atoms with Crippen molar-refractivity contribution >= 4 is 11.3 Å². The Balaban J connectivity index is 2.34. The summed E-state index contributed by atoms with van der Waals surface area (Å²) >= 11 is 1.57. The second-order valence-electron chi connectivity index (χ2n) is 3.24. The first kappa shape index (κ1) is 10.0. The van der Waals surface area contributed by atoms with E-state index in [0.717, 1.165) is 10.4 Å². The summed E-state index contributed by atoms with van der Waals surface area (Å²) in [6.45, 7) is 0. The molecule has 0 saturated heterocycles. The van der Waals surface area contributed by atoms with Crippen molar-refractivity contribution in [2.45, 2.75) is 6.04 Å². The van der Waals surface area contributed by atoms with Gasteiger partial charge in [0.1, 0.15) is 0 Å². The molecule has 4 N–H and O–H groups in total. The van der Waals surface area contributed by atoms with Gasteiger partial charge in [-0.15, -0.1) is 11.3 Å². The van der Waals surface area contributed by atoms with Crippen LogP contribution in [0.25, 0.3) is 0 Å². The van der Waals surface area contributed by atoms with Gasteiger partial charge in [-0.2, -0.15) is 0 Å². The van der Waals surface area contributed by atoms with Crippen molar-refractivity contribution in [3.63, 3.8) is 0 Å². The van der Waals surface area contributed by atoms with Gasteiger partial charge in [0.05, 0.1) is 6.04 Å². The lowest BCUT2D eigenvalue weighted by molar-refractivity contribution is 0.403. The lowest BCUT2D eigenvalue weighted by atomic mass is 10.1. The highest BCUT2D eigenvalue weighted by Crippen LogP contribution is 2.30. The lowest BCUT2D eigenvalue weighted by Crippen LogP contribution is -2.09. The molecule has 15 heavy (non-hydrogen) atoms. The average Bonchev–Trinajstić information content (AvgIpc) is 2.74. The molecule has 0 radical (unpaired) electrons. The van der Waals surface area contributed by atoms with Crippen molar-refractivity contribution in [2.24, 2.45) is 5.73 Å². The summed E-state index contributed by atoms with van der Waals surface area (Å²) < 4.78 is 0. The maximum absolute atomic E-state index is 9.34. The van der Waals surface area contributed by atoms with Crippen LogP contribution in [0, 0.1) is 0 Å². The quantitative estimate of drug-likeness (QED) is 0.681. The summed E-state index contributed by atoms with van der Waals surface area (Å²) in [5.74, 6) is -0.267. The summed E-state index contributed by atoms with van der Waals surface area (Å²) in [6.07, 6.45) is 0. The van der Waals surface area contributed by atoms with E-state index >= 15 is 0 Å². The van der Waals surface area contributed by atoms with E-state index in [2.05, 4.69) is 0 Å². The summed E-state index contributed by atoms with van der Waals surface area (Å²) in [5, 5.41) is 20.5. The molecule has 0 aliphatic heterocycles. The van der Waals surface area contributed by atoms with E-state index in [1.165, 1.54) is 12.1 Å². The van der Waals surface area contributed by atoms with E-state index in [4.69, 9.17) is 10.8 Å². The first-order valence-corrected chi connectivity index (χ1v) is 5.37. The lowest BCUT2D eigenvalue weighted by Gasteiger charge is -2.10. The predicted octanol–water partition coefficient (Wildman–Crippen LogP) is 2.21. The van der Waals surface area contributed by atoms with E-state index in [-0.39, 0.29) is 17.5 Å². The van der Waals surface area contributed by atoms with E-state index in [0.29, 0.717) is 0 Å². The van der Waals surface area contributed by atoms with Crippen LogP contribution >= 0.6 is 11.3 Å². The number of phenolic OH excluding ortho intramolecular Hbond substituents is 2. The van der Waals surface area contributed by atoms with Crippen LogP contribution in [0.2, 0.25) is 0 Å². The zero-order valence-corrected chi connectivity index (χ0v) is 8.74. The molecule has 2 aromatic rings. The van der Waals surface area contributed by atoms with E-state index in [1.807, 2.05) is 17.5 Å². The fourth-order valence-electron chi connectivity index (χ4n) is 1.37. The molecular formula is C11H11NO2S. The van der Waals surface area contributed by atoms with Gasteiger partial charge in [0.2, 0.25) is 0 Å². The minimum absolute atomic E-state index is 0.128. The van der Waals surface area contributed by atoms with Crippen LogP contribution in [0.15, 0.2) is 35.7 Å². The standard InChI is InChI=1S/C11H11NO2S/c12-11(10-2-1-5-15-10)7-3-4-8(13)9(14)6-7/h1-6,11,13-14H,12H2/t11-/m1/s1. The molecule has 0 aliphatic rings. The predicted molar refractivity (Wildman–Crippen MR) is 60.1 cm³/mol. The van der Waals surface area contributed by atoms with Crippen LogP contribution in [0.1, 0.15) is 16.5 Å². The molecule has 1 atom stereocenters. The second-order valence-corrected chi connectivity index (χ2v) is 4.22. The number of hydrogen-bond donors (Lipinski definition) is 3. The molecule has 1 heterocycles. The van der Waals surface area contributed by atoms with Gasteiger partial charge in [-0.05, 0) is 29.1 Å². The molecule has 0 bridgehead atoms. The maximum atomic E-state index is 9.34. The second kappa shape index (κ2) is 3.92. The van der Waals surface area contributed by atoms with E-state index < -0.39 is 0 Å². The molecule has 4 heteroatoms. The highest BCUT2D eigenvalue weighted by atomic mass is 32.1. The van der Waals surface area contributed by atoms with Gasteiger partial charge >= 0.3 is 0 Å². The minimum Gasteiger partial charge on any atom is -0.504 e. The van der Waals surface area contributed by atoms with Gasteiger partial charge < -0.3 is 15.9 Å². The number of nitrogens with two attached hydrogens (primary N) is 1. The Hall–Kier alpha value is -1.52. The molecule has 0 unspecified atom stereocenters. The highest BCUT2D eigenvalue weighted by molar-refractivity contribution is 7.10. The first-order chi connectivity index (χ1) is 7.18. The van der Waals surface area contributed by atoms with Gasteiger partial charge in [0.25, 0.3) is 0 Å². The zero-order valence-electron chi connectivity index (χ0n) is 7.92. The SMILES string of the molecule is N[C@H](c1ccc(O)c(O)c1)c1cccs1. The Morgan fingerprint density at radius 1 is 1.13 bits per heavy atom. The van der Waals surface area contributed by atoms with Crippen molar-refractivity contribution in [2.75, 3.05) is 0 Å². The highest BCUT2D eigenvalue weighted by Gasteiger charge is 2.11. The largest absolute Gasteiger partial charge is 0.504 e. The van der Waals surface area contributed by atoms with E-state index in [9.17, 15) is 5.11 Å². The monoisotopic (exact) mass is 221 g/mol. The Morgan fingerprint density at radius 3 is 2.53 bits per heavy atom. The summed E-state index contributed by atoms with van der Waals surface area (Å²) in [4.78, 5) is 1.03. The zero-order chi connectivity index (χ0) is 10.8. The third kappa shape index (κ3) is 1.95. The van der Waals surface area contributed by atoms with Crippen LogP contribution < -0.4 is 5.73 Å². The topological polar surface area (TPSA) is 66.5 Å². The number of phenols is 2. The van der Waals surface area contributed by atoms with Crippen molar-refractivity contribution in [1.82, 2.24) is 0 Å². The number of hydrogen-bond acceptors (Lipinski definition) is 4. The van der Waals surface area contributed by atoms with Crippen LogP contribution in [0.5, 0.6) is 11.5 Å². The van der Waals surface area contributed by atoms with Crippen LogP contribution in [-0.4, -0.2) is 10.2 Å². The third-order valence-electron chi connectivity index (χ3n) is 2.21. The minimum atomic E-state index is -0.253.